The lowest BCUT2D eigenvalue weighted by Gasteiger charge is -2.11. The first-order valence-electron chi connectivity index (χ1n) is 3.14. The van der Waals surface area contributed by atoms with Gasteiger partial charge in [-0.15, -0.1) is 11.6 Å². The minimum atomic E-state index is -0.857. The van der Waals surface area contributed by atoms with Crippen LogP contribution in [0.3, 0.4) is 0 Å². The Labute approximate surface area is 75.0 Å². The first kappa shape index (κ1) is 11.0. The summed E-state index contributed by atoms with van der Waals surface area (Å²) < 4.78 is 8.62. The van der Waals surface area contributed by atoms with Gasteiger partial charge in [0.15, 0.2) is 0 Å². The molecule has 0 spiro atoms. The number of esters is 1. The van der Waals surface area contributed by atoms with Gasteiger partial charge in [-0.25, -0.2) is 9.59 Å². The van der Waals surface area contributed by atoms with Crippen LogP contribution in [0.25, 0.3) is 0 Å². The number of hydrogen-bond donors (Lipinski definition) is 1. The maximum Gasteiger partial charge on any atom is 0.407 e. The van der Waals surface area contributed by atoms with Gasteiger partial charge in [0, 0.05) is 0 Å². The third-order valence-corrected chi connectivity index (χ3v) is 1.43. The summed E-state index contributed by atoms with van der Waals surface area (Å²) in [5.74, 6) is -0.655. The summed E-state index contributed by atoms with van der Waals surface area (Å²) in [6, 6.07) is -0.857. The third-order valence-electron chi connectivity index (χ3n) is 1.12. The van der Waals surface area contributed by atoms with E-state index in [2.05, 4.69) is 14.8 Å². The number of hydrogen-bond acceptors (Lipinski definition) is 4. The van der Waals surface area contributed by atoms with Crippen molar-refractivity contribution in [1.29, 1.82) is 0 Å². The second kappa shape index (κ2) is 5.65. The van der Waals surface area contributed by atoms with E-state index >= 15 is 0 Å². The van der Waals surface area contributed by atoms with Gasteiger partial charge < -0.3 is 14.8 Å². The van der Waals surface area contributed by atoms with Crippen LogP contribution in [-0.4, -0.2) is 38.2 Å². The fourth-order valence-corrected chi connectivity index (χ4v) is 0.707. The van der Waals surface area contributed by atoms with Gasteiger partial charge in [0.05, 0.1) is 20.1 Å². The zero-order valence-corrected chi connectivity index (χ0v) is 7.55. The van der Waals surface area contributed by atoms with Gasteiger partial charge in [0.2, 0.25) is 0 Å². The molecule has 1 N–H and O–H groups in total. The monoisotopic (exact) mass is 195 g/mol. The lowest BCUT2D eigenvalue weighted by molar-refractivity contribution is -0.142. The van der Waals surface area contributed by atoms with E-state index in [0.717, 1.165) is 0 Å². The second-order valence-corrected chi connectivity index (χ2v) is 2.17. The summed E-state index contributed by atoms with van der Waals surface area (Å²) in [7, 11) is 2.40. The first-order valence-corrected chi connectivity index (χ1v) is 3.67. The molecular weight excluding hydrogens is 186 g/mol. The number of rotatable bonds is 3. The summed E-state index contributed by atoms with van der Waals surface area (Å²) in [4.78, 5) is 21.4. The third kappa shape index (κ3) is 3.43. The first-order chi connectivity index (χ1) is 5.65. The smallest absolute Gasteiger partial charge is 0.407 e. The molecule has 0 radical (unpaired) electrons. The Hall–Kier alpha value is -0.970. The highest BCUT2D eigenvalue weighted by molar-refractivity contribution is 6.19. The van der Waals surface area contributed by atoms with E-state index in [1.807, 2.05) is 0 Å². The van der Waals surface area contributed by atoms with Gasteiger partial charge in [-0.2, -0.15) is 0 Å². The average molecular weight is 196 g/mol. The molecule has 0 aromatic carbocycles. The number of halogens is 1. The van der Waals surface area contributed by atoms with E-state index < -0.39 is 18.1 Å². The van der Waals surface area contributed by atoms with Crippen LogP contribution in [0.2, 0.25) is 0 Å². The Morgan fingerprint density at radius 2 is 2.00 bits per heavy atom. The normalized spacial score (nSPS) is 11.6. The van der Waals surface area contributed by atoms with Crippen LogP contribution in [-0.2, 0) is 14.3 Å². The number of carbonyl (C=O) groups is 2. The van der Waals surface area contributed by atoms with Gasteiger partial charge in [-0.1, -0.05) is 0 Å². The number of methoxy groups -OCH3 is 2. The number of ether oxygens (including phenoxy) is 2. The molecule has 0 aliphatic rings. The lowest BCUT2D eigenvalue weighted by atomic mass is 10.3. The van der Waals surface area contributed by atoms with Crippen molar-refractivity contribution in [3.8, 4) is 0 Å². The minimum absolute atomic E-state index is 0.0538. The van der Waals surface area contributed by atoms with Crippen LogP contribution in [0.5, 0.6) is 0 Å². The molecule has 0 saturated heterocycles. The number of amides is 1. The zero-order chi connectivity index (χ0) is 9.56. The molecule has 5 nitrogen and oxygen atoms in total. The highest BCUT2D eigenvalue weighted by Gasteiger charge is 2.20. The van der Waals surface area contributed by atoms with Crippen molar-refractivity contribution in [2.75, 3.05) is 20.1 Å². The van der Waals surface area contributed by atoms with Crippen molar-refractivity contribution in [3.63, 3.8) is 0 Å². The summed E-state index contributed by atoms with van der Waals surface area (Å²) in [5, 5.41) is 2.20. The summed E-state index contributed by atoms with van der Waals surface area (Å²) in [5.41, 5.74) is 0. The van der Waals surface area contributed by atoms with E-state index in [0.29, 0.717) is 0 Å². The molecule has 0 rings (SSSR count). The number of nitrogens with one attached hydrogen (secondary N) is 1. The van der Waals surface area contributed by atoms with Crippen LogP contribution >= 0.6 is 11.6 Å². The maximum absolute atomic E-state index is 10.8. The topological polar surface area (TPSA) is 64.6 Å². The largest absolute Gasteiger partial charge is 0.467 e. The standard InChI is InChI=1S/C6H10ClNO4/c1-11-5(9)4(3-7)8-6(10)12-2/h4H,3H2,1-2H3,(H,8,10)/t4-/m0/s1. The number of alkyl carbamates (subject to hydrolysis) is 1. The Kier molecular flexibility index (Phi) is 5.19. The second-order valence-electron chi connectivity index (χ2n) is 1.87. The van der Waals surface area contributed by atoms with Crippen molar-refractivity contribution in [2.24, 2.45) is 0 Å². The Balaban J connectivity index is 3.99. The molecule has 0 fully saturated rings. The molecular formula is C6H10ClNO4. The summed E-state index contributed by atoms with van der Waals surface area (Å²) in [6.45, 7) is 0. The fourth-order valence-electron chi connectivity index (χ4n) is 0.504. The number of carbonyl (C=O) groups excluding carboxylic acids is 2. The molecule has 0 unspecified atom stereocenters. The van der Waals surface area contributed by atoms with Gasteiger partial charge in [0.1, 0.15) is 6.04 Å². The molecule has 0 aromatic rings. The fraction of sp³-hybridized carbons (Fsp3) is 0.667. The highest BCUT2D eigenvalue weighted by atomic mass is 35.5. The molecule has 0 saturated carbocycles. The van der Waals surface area contributed by atoms with Crippen LogP contribution in [0.1, 0.15) is 0 Å². The molecule has 0 aliphatic heterocycles. The number of alkyl halides is 1. The predicted molar refractivity (Wildman–Crippen MR) is 42.1 cm³/mol. The van der Waals surface area contributed by atoms with Crippen molar-refractivity contribution in [2.45, 2.75) is 6.04 Å². The Bertz CT molecular complexity index is 173. The quantitative estimate of drug-likeness (QED) is 0.513. The zero-order valence-electron chi connectivity index (χ0n) is 6.80. The van der Waals surface area contributed by atoms with Crippen molar-refractivity contribution in [3.05, 3.63) is 0 Å². The van der Waals surface area contributed by atoms with Crippen LogP contribution < -0.4 is 5.32 Å². The van der Waals surface area contributed by atoms with Crippen LogP contribution in [0.4, 0.5) is 4.79 Å². The van der Waals surface area contributed by atoms with Crippen LogP contribution in [0.15, 0.2) is 0 Å². The Morgan fingerprint density at radius 3 is 2.33 bits per heavy atom. The van der Waals surface area contributed by atoms with Gasteiger partial charge in [-0.3, -0.25) is 0 Å². The van der Waals surface area contributed by atoms with E-state index in [-0.39, 0.29) is 5.88 Å². The van der Waals surface area contributed by atoms with E-state index in [4.69, 9.17) is 11.6 Å². The molecule has 6 heteroatoms. The predicted octanol–water partition coefficient (Wildman–Crippen LogP) is 0.123. The molecule has 0 aromatic heterocycles. The molecule has 0 aliphatic carbocycles. The minimum Gasteiger partial charge on any atom is -0.467 e. The molecule has 1 atom stereocenters. The van der Waals surface area contributed by atoms with Crippen molar-refractivity contribution >= 4 is 23.7 Å². The lowest BCUT2D eigenvalue weighted by Crippen LogP contribution is -2.42. The van der Waals surface area contributed by atoms with Gasteiger partial charge in [0.25, 0.3) is 0 Å². The average Bonchev–Trinajstić information content (AvgIpc) is 2.12. The van der Waals surface area contributed by atoms with Crippen LogP contribution in [0, 0.1) is 0 Å². The molecule has 0 heterocycles. The van der Waals surface area contributed by atoms with Crippen molar-refractivity contribution < 1.29 is 19.1 Å². The van der Waals surface area contributed by atoms with E-state index in [1.165, 1.54) is 14.2 Å². The molecule has 12 heavy (non-hydrogen) atoms. The summed E-state index contributed by atoms with van der Waals surface area (Å²) in [6.07, 6.45) is -0.717. The summed E-state index contributed by atoms with van der Waals surface area (Å²) >= 11 is 5.37. The molecule has 0 bridgehead atoms. The molecule has 1 amide bonds. The van der Waals surface area contributed by atoms with Gasteiger partial charge >= 0.3 is 12.1 Å². The maximum atomic E-state index is 10.8. The Morgan fingerprint density at radius 1 is 1.42 bits per heavy atom. The van der Waals surface area contributed by atoms with E-state index in [1.54, 1.807) is 0 Å². The highest BCUT2D eigenvalue weighted by Crippen LogP contribution is 1.92. The van der Waals surface area contributed by atoms with Crippen molar-refractivity contribution in [1.82, 2.24) is 5.32 Å². The van der Waals surface area contributed by atoms with E-state index in [9.17, 15) is 9.59 Å². The SMILES string of the molecule is COC(=O)N[C@@H](CCl)C(=O)OC. The molecule has 70 valence electrons. The van der Waals surface area contributed by atoms with Gasteiger partial charge in [-0.05, 0) is 0 Å².